The number of amides is 1. The van der Waals surface area contributed by atoms with Crippen LogP contribution in [0, 0.1) is 0 Å². The highest BCUT2D eigenvalue weighted by Gasteiger charge is 2.24. The van der Waals surface area contributed by atoms with Crippen molar-refractivity contribution in [2.75, 3.05) is 16.8 Å². The molecule has 1 atom stereocenters. The van der Waals surface area contributed by atoms with Crippen molar-refractivity contribution >= 4 is 17.3 Å². The van der Waals surface area contributed by atoms with E-state index in [9.17, 15) is 4.79 Å². The molecule has 0 aliphatic carbocycles. The Morgan fingerprint density at radius 1 is 0.852 bits per heavy atom. The molecule has 0 saturated heterocycles. The molecule has 0 spiro atoms. The van der Waals surface area contributed by atoms with Crippen molar-refractivity contribution in [2.24, 2.45) is 0 Å². The first-order valence-corrected chi connectivity index (χ1v) is 9.30. The predicted octanol–water partition coefficient (Wildman–Crippen LogP) is 4.57. The zero-order valence-corrected chi connectivity index (χ0v) is 15.4. The first-order chi connectivity index (χ1) is 13.2. The molecule has 3 aromatic carbocycles. The van der Waals surface area contributed by atoms with Crippen LogP contribution in [-0.4, -0.2) is 12.5 Å². The standard InChI is InChI=1S/C23H23N3O/c1-2-26(16-17-8-4-3-5-9-17)19-14-12-18(13-15-19)22-24-21-11-7-6-10-20(21)23(27)25-22/h3-15,22,24H,2,16H2,1H3,(H,25,27). The van der Waals surface area contributed by atoms with Gasteiger partial charge in [0.15, 0.2) is 0 Å². The topological polar surface area (TPSA) is 44.4 Å². The molecule has 136 valence electrons. The fraction of sp³-hybridized carbons (Fsp3) is 0.174. The van der Waals surface area contributed by atoms with E-state index in [0.717, 1.165) is 24.3 Å². The Balaban J connectivity index is 1.51. The number of carbonyl (C=O) groups is 1. The normalized spacial score (nSPS) is 15.4. The Labute approximate surface area is 159 Å². The van der Waals surface area contributed by atoms with Crippen LogP contribution in [0.5, 0.6) is 0 Å². The third-order valence-corrected chi connectivity index (χ3v) is 4.94. The Morgan fingerprint density at radius 2 is 1.56 bits per heavy atom. The summed E-state index contributed by atoms with van der Waals surface area (Å²) in [5.41, 5.74) is 5.06. The van der Waals surface area contributed by atoms with E-state index in [4.69, 9.17) is 0 Å². The number of hydrogen-bond acceptors (Lipinski definition) is 3. The highest BCUT2D eigenvalue weighted by atomic mass is 16.2. The Kier molecular flexibility index (Phi) is 4.79. The summed E-state index contributed by atoms with van der Waals surface area (Å²) in [4.78, 5) is 14.7. The quantitative estimate of drug-likeness (QED) is 0.703. The van der Waals surface area contributed by atoms with Crippen molar-refractivity contribution in [2.45, 2.75) is 19.6 Å². The van der Waals surface area contributed by atoms with E-state index in [1.54, 1.807) is 0 Å². The summed E-state index contributed by atoms with van der Waals surface area (Å²) >= 11 is 0. The van der Waals surface area contributed by atoms with E-state index >= 15 is 0 Å². The molecule has 4 heteroatoms. The highest BCUT2D eigenvalue weighted by molar-refractivity contribution is 6.01. The predicted molar refractivity (Wildman–Crippen MR) is 110 cm³/mol. The van der Waals surface area contributed by atoms with Crippen molar-refractivity contribution < 1.29 is 4.79 Å². The number of fused-ring (bicyclic) bond motifs is 1. The molecule has 0 radical (unpaired) electrons. The van der Waals surface area contributed by atoms with Gasteiger partial charge in [-0.25, -0.2) is 0 Å². The average Bonchev–Trinajstić information content (AvgIpc) is 2.73. The third kappa shape index (κ3) is 3.65. The van der Waals surface area contributed by atoms with Gasteiger partial charge < -0.3 is 15.5 Å². The Hall–Kier alpha value is -3.27. The summed E-state index contributed by atoms with van der Waals surface area (Å²) in [5.74, 6) is -0.0438. The minimum absolute atomic E-state index is 0.0438. The van der Waals surface area contributed by atoms with E-state index in [2.05, 4.69) is 71.0 Å². The minimum Gasteiger partial charge on any atom is -0.367 e. The molecule has 0 saturated carbocycles. The van der Waals surface area contributed by atoms with Gasteiger partial charge in [0, 0.05) is 24.5 Å². The fourth-order valence-corrected chi connectivity index (χ4v) is 3.44. The molecule has 0 fully saturated rings. The number of rotatable bonds is 5. The number of nitrogens with one attached hydrogen (secondary N) is 2. The van der Waals surface area contributed by atoms with Crippen LogP contribution in [0.4, 0.5) is 11.4 Å². The molecule has 0 bridgehead atoms. The number of anilines is 2. The second-order valence-corrected chi connectivity index (χ2v) is 6.69. The molecular weight excluding hydrogens is 334 g/mol. The van der Waals surface area contributed by atoms with Crippen molar-refractivity contribution in [3.8, 4) is 0 Å². The lowest BCUT2D eigenvalue weighted by Crippen LogP contribution is -2.38. The summed E-state index contributed by atoms with van der Waals surface area (Å²) in [6.07, 6.45) is -0.217. The van der Waals surface area contributed by atoms with Gasteiger partial charge in [-0.1, -0.05) is 54.6 Å². The van der Waals surface area contributed by atoms with Gasteiger partial charge in [-0.15, -0.1) is 0 Å². The van der Waals surface area contributed by atoms with Gasteiger partial charge in [-0.2, -0.15) is 0 Å². The number of benzene rings is 3. The van der Waals surface area contributed by atoms with Crippen LogP contribution in [0.3, 0.4) is 0 Å². The fourth-order valence-electron chi connectivity index (χ4n) is 3.44. The van der Waals surface area contributed by atoms with Gasteiger partial charge in [0.2, 0.25) is 0 Å². The van der Waals surface area contributed by atoms with Gasteiger partial charge >= 0.3 is 0 Å². The number of hydrogen-bond donors (Lipinski definition) is 2. The van der Waals surface area contributed by atoms with Crippen LogP contribution < -0.4 is 15.5 Å². The van der Waals surface area contributed by atoms with Crippen molar-refractivity contribution in [1.29, 1.82) is 0 Å². The molecule has 3 aromatic rings. The summed E-state index contributed by atoms with van der Waals surface area (Å²) in [6, 6.07) is 26.5. The zero-order chi connectivity index (χ0) is 18.6. The average molecular weight is 357 g/mol. The van der Waals surface area contributed by atoms with Crippen molar-refractivity contribution in [1.82, 2.24) is 5.32 Å². The van der Waals surface area contributed by atoms with Crippen molar-refractivity contribution in [3.63, 3.8) is 0 Å². The molecule has 2 N–H and O–H groups in total. The van der Waals surface area contributed by atoms with Crippen LogP contribution in [-0.2, 0) is 6.54 Å². The molecule has 0 aromatic heterocycles. The molecule has 1 unspecified atom stereocenters. The molecule has 1 aliphatic rings. The van der Waals surface area contributed by atoms with Crippen LogP contribution in [0.25, 0.3) is 0 Å². The number of para-hydroxylation sites is 1. The lowest BCUT2D eigenvalue weighted by Gasteiger charge is -2.29. The van der Waals surface area contributed by atoms with E-state index in [1.165, 1.54) is 11.3 Å². The van der Waals surface area contributed by atoms with Gasteiger partial charge in [-0.3, -0.25) is 4.79 Å². The number of carbonyl (C=O) groups excluding carboxylic acids is 1. The Bertz CT molecular complexity index is 922. The van der Waals surface area contributed by atoms with Crippen LogP contribution in [0.2, 0.25) is 0 Å². The lowest BCUT2D eigenvalue weighted by molar-refractivity contribution is 0.0935. The number of nitrogens with zero attached hydrogens (tertiary/aromatic N) is 1. The highest BCUT2D eigenvalue weighted by Crippen LogP contribution is 2.27. The summed E-state index contributed by atoms with van der Waals surface area (Å²) in [6.45, 7) is 3.97. The lowest BCUT2D eigenvalue weighted by atomic mass is 10.1. The maximum atomic E-state index is 12.3. The van der Waals surface area contributed by atoms with E-state index in [0.29, 0.717) is 5.56 Å². The molecular formula is C23H23N3O. The first kappa shape index (κ1) is 17.2. The molecule has 27 heavy (non-hydrogen) atoms. The summed E-state index contributed by atoms with van der Waals surface area (Å²) in [7, 11) is 0. The summed E-state index contributed by atoms with van der Waals surface area (Å²) in [5, 5.41) is 6.43. The van der Waals surface area contributed by atoms with Crippen LogP contribution in [0.1, 0.15) is 34.6 Å². The van der Waals surface area contributed by atoms with Gasteiger partial charge in [0.25, 0.3) is 5.91 Å². The second-order valence-electron chi connectivity index (χ2n) is 6.69. The molecule has 1 amide bonds. The molecule has 4 rings (SSSR count). The maximum Gasteiger partial charge on any atom is 0.255 e. The minimum atomic E-state index is -0.217. The SMILES string of the molecule is CCN(Cc1ccccc1)c1ccc(C2NC(=O)c3ccccc3N2)cc1. The smallest absolute Gasteiger partial charge is 0.255 e. The Morgan fingerprint density at radius 3 is 2.30 bits per heavy atom. The maximum absolute atomic E-state index is 12.3. The van der Waals surface area contributed by atoms with E-state index < -0.39 is 0 Å². The second kappa shape index (κ2) is 7.54. The van der Waals surface area contributed by atoms with Gasteiger partial charge in [0.1, 0.15) is 6.17 Å². The monoisotopic (exact) mass is 357 g/mol. The first-order valence-electron chi connectivity index (χ1n) is 9.30. The summed E-state index contributed by atoms with van der Waals surface area (Å²) < 4.78 is 0. The third-order valence-electron chi connectivity index (χ3n) is 4.94. The van der Waals surface area contributed by atoms with Crippen LogP contribution >= 0.6 is 0 Å². The van der Waals surface area contributed by atoms with Crippen molar-refractivity contribution in [3.05, 3.63) is 95.6 Å². The molecule has 4 nitrogen and oxygen atoms in total. The van der Waals surface area contributed by atoms with Gasteiger partial charge in [0.05, 0.1) is 5.56 Å². The van der Waals surface area contributed by atoms with E-state index in [1.807, 2.05) is 30.3 Å². The largest absolute Gasteiger partial charge is 0.367 e. The van der Waals surface area contributed by atoms with E-state index in [-0.39, 0.29) is 12.1 Å². The molecule has 1 aliphatic heterocycles. The molecule has 1 heterocycles. The zero-order valence-electron chi connectivity index (χ0n) is 15.4. The van der Waals surface area contributed by atoms with Crippen LogP contribution in [0.15, 0.2) is 78.9 Å². The van der Waals surface area contributed by atoms with Gasteiger partial charge in [-0.05, 0) is 42.3 Å².